The van der Waals surface area contributed by atoms with Crippen LogP contribution in [0, 0.1) is 0 Å². The number of rotatable bonds is 2. The van der Waals surface area contributed by atoms with Gasteiger partial charge in [0.05, 0.1) is 6.04 Å². The third kappa shape index (κ3) is 2.23. The Balaban J connectivity index is 1.83. The third-order valence-electron chi connectivity index (χ3n) is 3.57. The van der Waals surface area contributed by atoms with Gasteiger partial charge in [0.15, 0.2) is 0 Å². The zero-order chi connectivity index (χ0) is 11.5. The second-order valence-electron chi connectivity index (χ2n) is 4.77. The minimum absolute atomic E-state index is 0.654. The highest BCUT2D eigenvalue weighted by Crippen LogP contribution is 2.23. The highest BCUT2D eigenvalue weighted by Gasteiger charge is 2.20. The predicted octanol–water partition coefficient (Wildman–Crippen LogP) is 2.67. The Labute approximate surface area is 102 Å². The summed E-state index contributed by atoms with van der Waals surface area (Å²) >= 11 is 0. The second kappa shape index (κ2) is 4.70. The summed E-state index contributed by atoms with van der Waals surface area (Å²) in [5.74, 6) is 0. The first-order valence-corrected chi connectivity index (χ1v) is 6.44. The van der Waals surface area contributed by atoms with Crippen molar-refractivity contribution in [2.24, 2.45) is 0 Å². The van der Waals surface area contributed by atoms with Crippen molar-refractivity contribution >= 4 is 0 Å². The highest BCUT2D eigenvalue weighted by atomic mass is 15.4. The molecule has 1 aliphatic rings. The van der Waals surface area contributed by atoms with Crippen LogP contribution < -0.4 is 4.57 Å². The minimum Gasteiger partial charge on any atom is -0.234 e. The van der Waals surface area contributed by atoms with E-state index in [1.54, 1.807) is 0 Å². The topological polar surface area (TPSA) is 21.7 Å². The van der Waals surface area contributed by atoms with Crippen LogP contribution >= 0.6 is 0 Å². The zero-order valence-electron chi connectivity index (χ0n) is 10.00. The van der Waals surface area contributed by atoms with Gasteiger partial charge in [-0.3, -0.25) is 0 Å². The molecule has 0 spiro atoms. The van der Waals surface area contributed by atoms with Gasteiger partial charge in [0.1, 0.15) is 5.69 Å². The molecule has 3 nitrogen and oxygen atoms in total. The molecule has 0 bridgehead atoms. The lowest BCUT2D eigenvalue weighted by atomic mass is 9.95. The Kier molecular flexibility index (Phi) is 2.90. The van der Waals surface area contributed by atoms with Crippen LogP contribution in [0.4, 0.5) is 0 Å². The van der Waals surface area contributed by atoms with Gasteiger partial charge in [0.25, 0.3) is 6.33 Å². The van der Waals surface area contributed by atoms with Crippen molar-refractivity contribution in [2.45, 2.75) is 38.1 Å². The van der Waals surface area contributed by atoms with Crippen LogP contribution in [0.1, 0.15) is 38.1 Å². The van der Waals surface area contributed by atoms with Gasteiger partial charge in [-0.15, -0.1) is 0 Å². The molecule has 0 aliphatic heterocycles. The molecule has 1 saturated carbocycles. The van der Waals surface area contributed by atoms with Crippen LogP contribution in [0.5, 0.6) is 0 Å². The maximum atomic E-state index is 4.44. The fraction of sp³-hybridized carbons (Fsp3) is 0.429. The molecular weight excluding hydrogens is 210 g/mol. The molecule has 3 heteroatoms. The molecule has 0 radical (unpaired) electrons. The van der Waals surface area contributed by atoms with Crippen LogP contribution in [0.25, 0.3) is 5.69 Å². The van der Waals surface area contributed by atoms with E-state index >= 15 is 0 Å². The van der Waals surface area contributed by atoms with Crippen molar-refractivity contribution in [3.05, 3.63) is 43.0 Å². The SMILES string of the molecule is c1ccc(-n2c[n+](C3CCCCC3)cn2)cc1. The van der Waals surface area contributed by atoms with Crippen molar-refractivity contribution in [1.82, 2.24) is 9.78 Å². The summed E-state index contributed by atoms with van der Waals surface area (Å²) in [6.45, 7) is 0. The predicted molar refractivity (Wildman–Crippen MR) is 65.9 cm³/mol. The van der Waals surface area contributed by atoms with E-state index in [0.29, 0.717) is 6.04 Å². The molecule has 0 amide bonds. The first-order chi connectivity index (χ1) is 8.43. The van der Waals surface area contributed by atoms with Crippen LogP contribution in [-0.4, -0.2) is 9.78 Å². The normalized spacial score (nSPS) is 17.2. The summed E-state index contributed by atoms with van der Waals surface area (Å²) in [5, 5.41) is 4.44. The first kappa shape index (κ1) is 10.5. The van der Waals surface area contributed by atoms with E-state index in [2.05, 4.69) is 28.1 Å². The molecule has 3 rings (SSSR count). The Morgan fingerprint density at radius 2 is 1.82 bits per heavy atom. The van der Waals surface area contributed by atoms with Crippen LogP contribution in [0.3, 0.4) is 0 Å². The van der Waals surface area contributed by atoms with Crippen molar-refractivity contribution in [1.29, 1.82) is 0 Å². The van der Waals surface area contributed by atoms with Gasteiger partial charge in [-0.25, -0.2) is 4.57 Å². The van der Waals surface area contributed by atoms with Gasteiger partial charge in [-0.2, -0.15) is 0 Å². The standard InChI is InChI=1S/C14H18N3/c1-3-7-13(8-4-1)16-11-15-17(12-16)14-9-5-2-6-10-14/h2,5-6,9-13H,1,3-4,7-8H2/q+1. The highest BCUT2D eigenvalue weighted by molar-refractivity contribution is 5.28. The van der Waals surface area contributed by atoms with E-state index < -0.39 is 0 Å². The Morgan fingerprint density at radius 3 is 2.59 bits per heavy atom. The summed E-state index contributed by atoms with van der Waals surface area (Å²) in [6.07, 6.45) is 10.8. The van der Waals surface area contributed by atoms with Crippen molar-refractivity contribution < 1.29 is 4.57 Å². The van der Waals surface area contributed by atoms with Crippen molar-refractivity contribution in [2.75, 3.05) is 0 Å². The van der Waals surface area contributed by atoms with E-state index in [4.69, 9.17) is 0 Å². The molecule has 1 aliphatic carbocycles. The molecule has 1 aromatic carbocycles. The van der Waals surface area contributed by atoms with Crippen molar-refractivity contribution in [3.8, 4) is 5.69 Å². The first-order valence-electron chi connectivity index (χ1n) is 6.44. The largest absolute Gasteiger partial charge is 0.265 e. The maximum absolute atomic E-state index is 4.44. The summed E-state index contributed by atoms with van der Waals surface area (Å²) in [6, 6.07) is 10.9. The van der Waals surface area contributed by atoms with Gasteiger partial charge < -0.3 is 0 Å². The smallest absolute Gasteiger partial charge is 0.234 e. The fourth-order valence-electron chi connectivity index (χ4n) is 2.58. The van der Waals surface area contributed by atoms with E-state index in [1.165, 1.54) is 32.1 Å². The van der Waals surface area contributed by atoms with Crippen LogP contribution in [-0.2, 0) is 0 Å². The number of hydrogen-bond donors (Lipinski definition) is 0. The number of benzene rings is 1. The Bertz CT molecular complexity index is 469. The zero-order valence-corrected chi connectivity index (χ0v) is 10.00. The summed E-state index contributed by atoms with van der Waals surface area (Å²) in [5.41, 5.74) is 1.13. The average molecular weight is 228 g/mol. The lowest BCUT2D eigenvalue weighted by Crippen LogP contribution is -2.38. The second-order valence-corrected chi connectivity index (χ2v) is 4.77. The van der Waals surface area contributed by atoms with Crippen LogP contribution in [0.15, 0.2) is 43.0 Å². The molecular formula is C14H18N3+. The van der Waals surface area contributed by atoms with E-state index in [-0.39, 0.29) is 0 Å². The Morgan fingerprint density at radius 1 is 1.06 bits per heavy atom. The molecule has 88 valence electrons. The summed E-state index contributed by atoms with van der Waals surface area (Å²) < 4.78 is 4.22. The average Bonchev–Trinajstić information content (AvgIpc) is 2.90. The number of hydrogen-bond acceptors (Lipinski definition) is 1. The van der Waals surface area contributed by atoms with E-state index in [1.807, 2.05) is 29.2 Å². The molecule has 0 N–H and O–H groups in total. The molecule has 0 unspecified atom stereocenters. The van der Waals surface area contributed by atoms with Gasteiger partial charge in [-0.1, -0.05) is 29.3 Å². The summed E-state index contributed by atoms with van der Waals surface area (Å²) in [4.78, 5) is 0. The molecule has 17 heavy (non-hydrogen) atoms. The Hall–Kier alpha value is -1.64. The lowest BCUT2D eigenvalue weighted by molar-refractivity contribution is -0.726. The lowest BCUT2D eigenvalue weighted by Gasteiger charge is -2.18. The molecule has 2 aromatic rings. The quantitative estimate of drug-likeness (QED) is 0.724. The number of para-hydroxylation sites is 1. The molecule has 0 saturated heterocycles. The van der Waals surface area contributed by atoms with Gasteiger partial charge in [0, 0.05) is 5.10 Å². The number of aromatic nitrogens is 3. The van der Waals surface area contributed by atoms with Gasteiger partial charge in [-0.05, 0) is 37.8 Å². The molecule has 0 atom stereocenters. The van der Waals surface area contributed by atoms with Gasteiger partial charge in [0.2, 0.25) is 6.33 Å². The van der Waals surface area contributed by atoms with Gasteiger partial charge >= 0.3 is 0 Å². The monoisotopic (exact) mass is 228 g/mol. The van der Waals surface area contributed by atoms with Crippen molar-refractivity contribution in [3.63, 3.8) is 0 Å². The van der Waals surface area contributed by atoms with Crippen LogP contribution in [0.2, 0.25) is 0 Å². The van der Waals surface area contributed by atoms with E-state index in [9.17, 15) is 0 Å². The maximum Gasteiger partial charge on any atom is 0.265 e. The number of nitrogens with zero attached hydrogens (tertiary/aromatic N) is 3. The molecule has 1 heterocycles. The fourth-order valence-corrected chi connectivity index (χ4v) is 2.58. The molecule has 1 aromatic heterocycles. The summed E-state index contributed by atoms with van der Waals surface area (Å²) in [7, 11) is 0. The third-order valence-corrected chi connectivity index (χ3v) is 3.57. The molecule has 1 fully saturated rings. The van der Waals surface area contributed by atoms with E-state index in [0.717, 1.165) is 5.69 Å². The minimum atomic E-state index is 0.654.